The summed E-state index contributed by atoms with van der Waals surface area (Å²) in [5, 5.41) is 6.49. The summed E-state index contributed by atoms with van der Waals surface area (Å²) in [5.41, 5.74) is 4.77. The van der Waals surface area contributed by atoms with Gasteiger partial charge in [-0.1, -0.05) is 36.4 Å². The zero-order valence-electron chi connectivity index (χ0n) is 15.8. The highest BCUT2D eigenvalue weighted by molar-refractivity contribution is 5.93. The number of aromatic amines is 1. The third-order valence-electron chi connectivity index (χ3n) is 4.88. The van der Waals surface area contributed by atoms with E-state index in [0.717, 1.165) is 22.4 Å². The Labute approximate surface area is 171 Å². The van der Waals surface area contributed by atoms with Crippen LogP contribution in [0.2, 0.25) is 0 Å². The smallest absolute Gasteiger partial charge is 0.200 e. The number of hydrogen-bond acceptors (Lipinski definition) is 4. The van der Waals surface area contributed by atoms with Gasteiger partial charge < -0.3 is 4.57 Å². The second-order valence-electron chi connectivity index (χ2n) is 6.91. The van der Waals surface area contributed by atoms with Gasteiger partial charge in [-0.05, 0) is 35.4 Å². The fourth-order valence-corrected chi connectivity index (χ4v) is 3.30. The molecule has 7 heteroatoms. The van der Waals surface area contributed by atoms with E-state index in [1.807, 2.05) is 42.7 Å². The Hall–Kier alpha value is -4.13. The molecule has 2 aromatic carbocycles. The molecule has 6 nitrogen and oxygen atoms in total. The number of fused-ring (bicyclic) bond motifs is 1. The van der Waals surface area contributed by atoms with Crippen LogP contribution in [0.15, 0.2) is 79.3 Å². The number of benzene rings is 2. The van der Waals surface area contributed by atoms with Crippen molar-refractivity contribution in [2.75, 3.05) is 0 Å². The number of aromatic nitrogens is 5. The highest BCUT2D eigenvalue weighted by atomic mass is 19.1. The summed E-state index contributed by atoms with van der Waals surface area (Å²) in [6.45, 7) is 0.187. The van der Waals surface area contributed by atoms with Crippen LogP contribution in [0.25, 0.3) is 33.9 Å². The van der Waals surface area contributed by atoms with Crippen molar-refractivity contribution in [2.45, 2.75) is 6.54 Å². The molecule has 0 fully saturated rings. The Bertz CT molecular complexity index is 1270. The van der Waals surface area contributed by atoms with Gasteiger partial charge in [-0.3, -0.25) is 9.89 Å². The van der Waals surface area contributed by atoms with Crippen LogP contribution in [0.4, 0.5) is 4.39 Å². The number of imidazole rings is 1. The van der Waals surface area contributed by atoms with Crippen molar-refractivity contribution in [3.8, 4) is 33.9 Å². The lowest BCUT2D eigenvalue weighted by atomic mass is 10.0. The number of ketones is 1. The number of rotatable bonds is 5. The minimum atomic E-state index is -0.254. The summed E-state index contributed by atoms with van der Waals surface area (Å²) in [4.78, 5) is 21.5. The van der Waals surface area contributed by atoms with Crippen LogP contribution >= 0.6 is 0 Å². The Balaban J connectivity index is 1.39. The summed E-state index contributed by atoms with van der Waals surface area (Å²) in [6.07, 6.45) is 5.18. The van der Waals surface area contributed by atoms with E-state index >= 15 is 0 Å². The molecule has 0 saturated carbocycles. The van der Waals surface area contributed by atoms with Crippen molar-refractivity contribution >= 4 is 5.78 Å². The topological polar surface area (TPSA) is 76.5 Å². The predicted molar refractivity (Wildman–Crippen MR) is 110 cm³/mol. The molecule has 5 rings (SSSR count). The van der Waals surface area contributed by atoms with Gasteiger partial charge >= 0.3 is 0 Å². The van der Waals surface area contributed by atoms with Gasteiger partial charge in [0, 0.05) is 24.2 Å². The van der Waals surface area contributed by atoms with Crippen molar-refractivity contribution in [3.63, 3.8) is 0 Å². The molecule has 3 aromatic rings. The Morgan fingerprint density at radius 1 is 0.867 bits per heavy atom. The lowest BCUT2D eigenvalue weighted by molar-refractivity contribution is 0.0967. The maximum atomic E-state index is 13.1. The molecule has 0 bridgehead atoms. The third kappa shape index (κ3) is 3.48. The van der Waals surface area contributed by atoms with Crippen molar-refractivity contribution in [3.05, 3.63) is 90.8 Å². The Morgan fingerprint density at radius 2 is 1.53 bits per heavy atom. The summed E-state index contributed by atoms with van der Waals surface area (Å²) in [5.74, 6) is 0.303. The maximum absolute atomic E-state index is 13.1. The maximum Gasteiger partial charge on any atom is 0.200 e. The first kappa shape index (κ1) is 17.9. The molecule has 1 aromatic heterocycles. The van der Waals surface area contributed by atoms with E-state index in [9.17, 15) is 9.18 Å². The van der Waals surface area contributed by atoms with E-state index in [-0.39, 0.29) is 18.1 Å². The molecule has 1 N–H and O–H groups in total. The number of carbonyl (C=O) groups is 1. The first-order valence-corrected chi connectivity index (χ1v) is 9.38. The van der Waals surface area contributed by atoms with Crippen molar-refractivity contribution in [2.24, 2.45) is 0 Å². The average Bonchev–Trinajstić information content (AvgIpc) is 3.44. The van der Waals surface area contributed by atoms with Crippen LogP contribution in [0.1, 0.15) is 10.5 Å². The van der Waals surface area contributed by atoms with Gasteiger partial charge in [0.15, 0.2) is 11.6 Å². The molecule has 146 valence electrons. The average molecular weight is 397 g/mol. The molecule has 0 spiro atoms. The monoisotopic (exact) mass is 397 g/mol. The van der Waals surface area contributed by atoms with Gasteiger partial charge in [-0.15, -0.1) is 0 Å². The number of halogens is 1. The number of nitrogens with one attached hydrogen (secondary N) is 1. The second-order valence-corrected chi connectivity index (χ2v) is 6.91. The molecule has 0 radical (unpaired) electrons. The molecule has 0 saturated heterocycles. The fourth-order valence-electron chi connectivity index (χ4n) is 3.30. The highest BCUT2D eigenvalue weighted by Crippen LogP contribution is 2.27. The molecule has 0 atom stereocenters. The van der Waals surface area contributed by atoms with E-state index < -0.39 is 0 Å². The molecule has 0 unspecified atom stereocenters. The number of nitrogens with zero attached hydrogens (tertiary/aromatic N) is 4. The number of Topliss-reactive ketones (excluding diaryl/α,β-unsaturated/α-hetero) is 1. The van der Waals surface area contributed by atoms with Crippen LogP contribution in [0.5, 0.6) is 0 Å². The molecule has 2 aliphatic heterocycles. The van der Waals surface area contributed by atoms with E-state index in [2.05, 4.69) is 20.2 Å². The van der Waals surface area contributed by atoms with Crippen LogP contribution in [0, 0.1) is 5.82 Å². The number of hydrogen-bond donors (Lipinski definition) is 1. The van der Waals surface area contributed by atoms with Gasteiger partial charge in [-0.2, -0.15) is 5.10 Å². The van der Waals surface area contributed by atoms with Gasteiger partial charge in [0.1, 0.15) is 17.2 Å². The molecule has 30 heavy (non-hydrogen) atoms. The van der Waals surface area contributed by atoms with Crippen molar-refractivity contribution < 1.29 is 9.18 Å². The zero-order chi connectivity index (χ0) is 20.5. The summed E-state index contributed by atoms with van der Waals surface area (Å²) >= 11 is 0. The lowest BCUT2D eigenvalue weighted by Gasteiger charge is -2.06. The summed E-state index contributed by atoms with van der Waals surface area (Å²) in [6, 6.07) is 17.7. The quantitative estimate of drug-likeness (QED) is 0.444. The molecular formula is C23H16FN5O. The number of pyridine rings is 1. The minimum Gasteiger partial charge on any atom is -0.344 e. The SMILES string of the molecule is O=C(Cn1ccc2nc(-c3ccc(-c4ccc(F)cc4)cc3)nc-2c1)c1ccn[nH]1. The molecule has 2 aliphatic rings. The summed E-state index contributed by atoms with van der Waals surface area (Å²) < 4.78 is 14.9. The first-order chi connectivity index (χ1) is 14.7. The Kier molecular flexibility index (Phi) is 4.40. The number of H-pyrrole nitrogens is 1. The van der Waals surface area contributed by atoms with Crippen LogP contribution in [-0.2, 0) is 6.54 Å². The van der Waals surface area contributed by atoms with Gasteiger partial charge in [0.25, 0.3) is 0 Å². The van der Waals surface area contributed by atoms with E-state index in [1.165, 1.54) is 12.1 Å². The van der Waals surface area contributed by atoms with Crippen LogP contribution in [0.3, 0.4) is 0 Å². The largest absolute Gasteiger partial charge is 0.344 e. The molecule has 3 heterocycles. The van der Waals surface area contributed by atoms with Crippen LogP contribution in [-0.4, -0.2) is 30.5 Å². The summed E-state index contributed by atoms with van der Waals surface area (Å²) in [7, 11) is 0. The number of carbonyl (C=O) groups excluding carboxylic acids is 1. The normalized spacial score (nSPS) is 11.1. The van der Waals surface area contributed by atoms with E-state index in [1.54, 1.807) is 29.0 Å². The second kappa shape index (κ2) is 7.36. The molecular weight excluding hydrogens is 381 g/mol. The predicted octanol–water partition coefficient (Wildman–Crippen LogP) is 4.46. The zero-order valence-corrected chi connectivity index (χ0v) is 15.8. The van der Waals surface area contributed by atoms with Crippen LogP contribution < -0.4 is 0 Å². The molecule has 0 amide bonds. The first-order valence-electron chi connectivity index (χ1n) is 9.38. The minimum absolute atomic E-state index is 0.0621. The van der Waals surface area contributed by atoms with Gasteiger partial charge in [0.2, 0.25) is 0 Å². The standard InChI is InChI=1S/C23H16FN5O/c24-18-7-5-16(6-8-18)15-1-3-17(4-2-15)23-26-19-10-12-29(13-21(19)27-23)14-22(30)20-9-11-25-28-20/h1-13H,14H2,(H,25,28). The highest BCUT2D eigenvalue weighted by Gasteiger charge is 2.14. The Morgan fingerprint density at radius 3 is 2.23 bits per heavy atom. The van der Waals surface area contributed by atoms with E-state index in [0.29, 0.717) is 17.2 Å². The molecule has 0 aliphatic carbocycles. The van der Waals surface area contributed by atoms with Crippen molar-refractivity contribution in [1.29, 1.82) is 0 Å². The van der Waals surface area contributed by atoms with Crippen molar-refractivity contribution in [1.82, 2.24) is 24.7 Å². The fraction of sp³-hybridized carbons (Fsp3) is 0.0435. The lowest BCUT2D eigenvalue weighted by Crippen LogP contribution is -2.11. The van der Waals surface area contributed by atoms with Gasteiger partial charge in [-0.25, -0.2) is 14.4 Å². The third-order valence-corrected chi connectivity index (χ3v) is 4.88. The van der Waals surface area contributed by atoms with Gasteiger partial charge in [0.05, 0.1) is 12.2 Å². The van der Waals surface area contributed by atoms with E-state index in [4.69, 9.17) is 0 Å².